The lowest BCUT2D eigenvalue weighted by atomic mass is 9.99. The van der Waals surface area contributed by atoms with E-state index in [0.717, 1.165) is 12.0 Å². The second kappa shape index (κ2) is 9.21. The third-order valence-corrected chi connectivity index (χ3v) is 6.13. The van der Waals surface area contributed by atoms with Crippen molar-refractivity contribution >= 4 is 28.8 Å². The topological polar surface area (TPSA) is 87.0 Å². The maximum atomic E-state index is 13.0. The van der Waals surface area contributed by atoms with Crippen molar-refractivity contribution in [2.45, 2.75) is 13.3 Å². The SMILES string of the molecule is CC(=O)N1CCN(c2ccc(C(=O)N3CC=C(c4ccccc4)CC3)cc2[N+](=O)[O-])CC1. The Hall–Kier alpha value is -3.68. The summed E-state index contributed by atoms with van der Waals surface area (Å²) in [5.74, 6) is -0.199. The summed E-state index contributed by atoms with van der Waals surface area (Å²) in [4.78, 5) is 41.3. The largest absolute Gasteiger partial charge is 0.362 e. The fraction of sp³-hybridized carbons (Fsp3) is 0.333. The summed E-state index contributed by atoms with van der Waals surface area (Å²) in [6.45, 7) is 4.67. The molecule has 1 saturated heterocycles. The zero-order chi connectivity index (χ0) is 22.7. The first-order valence-electron chi connectivity index (χ1n) is 10.8. The number of nitro benzene ring substituents is 1. The summed E-state index contributed by atoms with van der Waals surface area (Å²) in [5, 5.41) is 11.8. The molecule has 0 radical (unpaired) electrons. The highest BCUT2D eigenvalue weighted by Crippen LogP contribution is 2.31. The number of piperazine rings is 1. The van der Waals surface area contributed by atoms with Gasteiger partial charge in [-0.05, 0) is 29.7 Å². The molecule has 2 aliphatic heterocycles. The van der Waals surface area contributed by atoms with Crippen LogP contribution >= 0.6 is 0 Å². The molecular formula is C24H26N4O4. The Bertz CT molecular complexity index is 1060. The number of rotatable bonds is 4. The van der Waals surface area contributed by atoms with E-state index in [4.69, 9.17) is 0 Å². The van der Waals surface area contributed by atoms with Gasteiger partial charge in [0.1, 0.15) is 5.69 Å². The quantitative estimate of drug-likeness (QED) is 0.545. The molecule has 2 heterocycles. The van der Waals surface area contributed by atoms with Crippen molar-refractivity contribution < 1.29 is 14.5 Å². The van der Waals surface area contributed by atoms with Gasteiger partial charge in [-0.1, -0.05) is 36.4 Å². The third kappa shape index (κ3) is 4.49. The van der Waals surface area contributed by atoms with Crippen LogP contribution in [-0.2, 0) is 4.79 Å². The molecule has 0 N–H and O–H groups in total. The highest BCUT2D eigenvalue weighted by molar-refractivity contribution is 5.96. The van der Waals surface area contributed by atoms with Gasteiger partial charge in [0, 0.05) is 57.8 Å². The first-order valence-corrected chi connectivity index (χ1v) is 10.8. The molecule has 2 aliphatic rings. The molecule has 0 aromatic heterocycles. The minimum absolute atomic E-state index is 0.00565. The van der Waals surface area contributed by atoms with Gasteiger partial charge in [0.05, 0.1) is 4.92 Å². The molecule has 0 aliphatic carbocycles. The summed E-state index contributed by atoms with van der Waals surface area (Å²) in [6, 6.07) is 14.8. The van der Waals surface area contributed by atoms with Gasteiger partial charge in [-0.3, -0.25) is 19.7 Å². The van der Waals surface area contributed by atoms with Gasteiger partial charge in [-0.15, -0.1) is 0 Å². The Morgan fingerprint density at radius 1 is 0.938 bits per heavy atom. The van der Waals surface area contributed by atoms with Crippen LogP contribution in [0.2, 0.25) is 0 Å². The van der Waals surface area contributed by atoms with Crippen LogP contribution < -0.4 is 4.90 Å². The Morgan fingerprint density at radius 2 is 1.66 bits per heavy atom. The van der Waals surface area contributed by atoms with E-state index in [2.05, 4.69) is 12.1 Å². The van der Waals surface area contributed by atoms with Crippen LogP contribution in [0, 0.1) is 10.1 Å². The summed E-state index contributed by atoms with van der Waals surface area (Å²) in [7, 11) is 0. The number of nitro groups is 1. The molecule has 166 valence electrons. The van der Waals surface area contributed by atoms with Crippen LogP contribution in [0.3, 0.4) is 0 Å². The summed E-state index contributed by atoms with van der Waals surface area (Å²) >= 11 is 0. The van der Waals surface area contributed by atoms with Gasteiger partial charge in [-0.25, -0.2) is 0 Å². The summed E-state index contributed by atoms with van der Waals surface area (Å²) in [6.07, 6.45) is 2.80. The van der Waals surface area contributed by atoms with E-state index in [0.29, 0.717) is 50.5 Å². The fourth-order valence-electron chi connectivity index (χ4n) is 4.28. The van der Waals surface area contributed by atoms with E-state index in [1.807, 2.05) is 29.2 Å². The summed E-state index contributed by atoms with van der Waals surface area (Å²) < 4.78 is 0. The third-order valence-electron chi connectivity index (χ3n) is 6.13. The van der Waals surface area contributed by atoms with Gasteiger partial charge in [0.15, 0.2) is 0 Å². The standard InChI is InChI=1S/C24H26N4O4/c1-18(29)25-13-15-26(16-14-25)22-8-7-21(17-23(22)28(31)32)24(30)27-11-9-20(10-12-27)19-5-3-2-4-6-19/h2-9,17H,10-16H2,1H3. The number of benzene rings is 2. The van der Waals surface area contributed by atoms with Crippen LogP contribution in [-0.4, -0.2) is 65.8 Å². The molecule has 4 rings (SSSR count). The first-order chi connectivity index (χ1) is 15.4. The van der Waals surface area contributed by atoms with Gasteiger partial charge in [0.25, 0.3) is 11.6 Å². The smallest absolute Gasteiger partial charge is 0.293 e. The molecular weight excluding hydrogens is 408 g/mol. The van der Waals surface area contributed by atoms with Crippen molar-refractivity contribution in [3.05, 3.63) is 75.8 Å². The van der Waals surface area contributed by atoms with Crippen LogP contribution in [0.5, 0.6) is 0 Å². The van der Waals surface area contributed by atoms with Crippen LogP contribution in [0.1, 0.15) is 29.3 Å². The number of anilines is 1. The Morgan fingerprint density at radius 3 is 2.25 bits per heavy atom. The number of hydrogen-bond donors (Lipinski definition) is 0. The van der Waals surface area contributed by atoms with Crippen molar-refractivity contribution in [1.82, 2.24) is 9.80 Å². The molecule has 8 nitrogen and oxygen atoms in total. The maximum Gasteiger partial charge on any atom is 0.293 e. The molecule has 0 bridgehead atoms. The molecule has 1 fully saturated rings. The Balaban J connectivity index is 1.49. The molecule has 0 spiro atoms. The number of nitrogens with zero attached hydrogens (tertiary/aromatic N) is 4. The normalized spacial score (nSPS) is 16.5. The maximum absolute atomic E-state index is 13.0. The zero-order valence-corrected chi connectivity index (χ0v) is 18.1. The van der Waals surface area contributed by atoms with Crippen molar-refractivity contribution in [3.63, 3.8) is 0 Å². The van der Waals surface area contributed by atoms with Crippen molar-refractivity contribution in [1.29, 1.82) is 0 Å². The van der Waals surface area contributed by atoms with Crippen LogP contribution in [0.4, 0.5) is 11.4 Å². The Kier molecular flexibility index (Phi) is 6.20. The highest BCUT2D eigenvalue weighted by atomic mass is 16.6. The fourth-order valence-corrected chi connectivity index (χ4v) is 4.28. The van der Waals surface area contributed by atoms with Crippen molar-refractivity contribution in [2.24, 2.45) is 0 Å². The van der Waals surface area contributed by atoms with Gasteiger partial charge in [0.2, 0.25) is 5.91 Å². The number of carbonyl (C=O) groups excluding carboxylic acids is 2. The number of amides is 2. The molecule has 32 heavy (non-hydrogen) atoms. The average Bonchev–Trinajstić information content (AvgIpc) is 2.84. The molecule has 2 aromatic carbocycles. The monoisotopic (exact) mass is 434 g/mol. The molecule has 0 unspecified atom stereocenters. The second-order valence-electron chi connectivity index (χ2n) is 8.05. The van der Waals surface area contributed by atoms with E-state index in [1.165, 1.54) is 18.6 Å². The number of hydrogen-bond acceptors (Lipinski definition) is 5. The first kappa shape index (κ1) is 21.5. The van der Waals surface area contributed by atoms with Gasteiger partial charge < -0.3 is 14.7 Å². The van der Waals surface area contributed by atoms with E-state index < -0.39 is 4.92 Å². The molecule has 8 heteroatoms. The average molecular weight is 434 g/mol. The van der Waals surface area contributed by atoms with E-state index in [9.17, 15) is 19.7 Å². The molecule has 0 saturated carbocycles. The molecule has 0 atom stereocenters. The minimum Gasteiger partial charge on any atom is -0.362 e. The zero-order valence-electron chi connectivity index (χ0n) is 18.1. The Labute approximate surface area is 186 Å². The van der Waals surface area contributed by atoms with Crippen LogP contribution in [0.15, 0.2) is 54.6 Å². The predicted molar refractivity (Wildman–Crippen MR) is 123 cm³/mol. The number of carbonyl (C=O) groups is 2. The second-order valence-corrected chi connectivity index (χ2v) is 8.05. The lowest BCUT2D eigenvalue weighted by Gasteiger charge is -2.35. The van der Waals surface area contributed by atoms with E-state index in [1.54, 1.807) is 21.9 Å². The van der Waals surface area contributed by atoms with E-state index in [-0.39, 0.29) is 17.5 Å². The highest BCUT2D eigenvalue weighted by Gasteiger charge is 2.27. The lowest BCUT2D eigenvalue weighted by Crippen LogP contribution is -2.48. The molecule has 2 aromatic rings. The van der Waals surface area contributed by atoms with Crippen molar-refractivity contribution in [2.75, 3.05) is 44.2 Å². The van der Waals surface area contributed by atoms with E-state index >= 15 is 0 Å². The van der Waals surface area contributed by atoms with Gasteiger partial charge >= 0.3 is 0 Å². The van der Waals surface area contributed by atoms with Crippen molar-refractivity contribution in [3.8, 4) is 0 Å². The van der Waals surface area contributed by atoms with Crippen LogP contribution in [0.25, 0.3) is 5.57 Å². The lowest BCUT2D eigenvalue weighted by molar-refractivity contribution is -0.384. The van der Waals surface area contributed by atoms with Gasteiger partial charge in [-0.2, -0.15) is 0 Å². The molecule has 2 amide bonds. The predicted octanol–water partition coefficient (Wildman–Crippen LogP) is 3.19. The minimum atomic E-state index is -0.437. The summed E-state index contributed by atoms with van der Waals surface area (Å²) in [5.41, 5.74) is 3.09.